The summed E-state index contributed by atoms with van der Waals surface area (Å²) in [5, 5.41) is 20.5. The Morgan fingerprint density at radius 3 is 2.50 bits per heavy atom. The first kappa shape index (κ1) is 14.8. The molecule has 0 bridgehead atoms. The van der Waals surface area contributed by atoms with Crippen molar-refractivity contribution in [2.45, 2.75) is 6.54 Å². The predicted octanol–water partition coefficient (Wildman–Crippen LogP) is 4.40. The first-order chi connectivity index (χ1) is 10.5. The molecule has 0 aliphatic rings. The molecule has 0 unspecified atom stereocenters. The molecule has 0 aliphatic heterocycles. The number of halogens is 2. The fourth-order valence-electron chi connectivity index (χ4n) is 2.43. The van der Waals surface area contributed by atoms with E-state index in [-0.39, 0.29) is 11.4 Å². The van der Waals surface area contributed by atoms with Gasteiger partial charge in [0.25, 0.3) is 0 Å². The molecule has 0 amide bonds. The highest BCUT2D eigenvalue weighted by Gasteiger charge is 2.15. The number of rotatable bonds is 3. The van der Waals surface area contributed by atoms with Gasteiger partial charge in [-0.25, -0.2) is 4.79 Å². The van der Waals surface area contributed by atoms with E-state index in [1.54, 1.807) is 28.8 Å². The van der Waals surface area contributed by atoms with Crippen LogP contribution < -0.4 is 0 Å². The van der Waals surface area contributed by atoms with Crippen molar-refractivity contribution in [2.24, 2.45) is 0 Å². The van der Waals surface area contributed by atoms with Crippen molar-refractivity contribution >= 4 is 40.1 Å². The molecule has 0 saturated heterocycles. The van der Waals surface area contributed by atoms with E-state index in [0.717, 1.165) is 11.1 Å². The third kappa shape index (κ3) is 2.63. The van der Waals surface area contributed by atoms with Crippen LogP contribution in [0.4, 0.5) is 0 Å². The maximum Gasteiger partial charge on any atom is 0.352 e. The summed E-state index contributed by atoms with van der Waals surface area (Å²) in [7, 11) is 0. The molecule has 0 fully saturated rings. The molecule has 6 heteroatoms. The molecule has 4 nitrogen and oxygen atoms in total. The second kappa shape index (κ2) is 5.55. The largest absolute Gasteiger partial charge is 0.508 e. The number of nitrogens with zero attached hydrogens (tertiary/aromatic N) is 1. The van der Waals surface area contributed by atoms with Crippen molar-refractivity contribution in [1.82, 2.24) is 4.57 Å². The Bertz CT molecular complexity index is 886. The smallest absolute Gasteiger partial charge is 0.352 e. The van der Waals surface area contributed by atoms with Crippen LogP contribution in [-0.4, -0.2) is 20.7 Å². The Labute approximate surface area is 136 Å². The second-order valence-electron chi connectivity index (χ2n) is 4.91. The van der Waals surface area contributed by atoms with E-state index in [4.69, 9.17) is 23.2 Å². The third-order valence-electron chi connectivity index (χ3n) is 3.43. The molecule has 1 aromatic heterocycles. The molecule has 0 radical (unpaired) electrons. The normalized spacial score (nSPS) is 11.0. The van der Waals surface area contributed by atoms with E-state index in [1.165, 1.54) is 18.2 Å². The van der Waals surface area contributed by atoms with E-state index < -0.39 is 5.97 Å². The van der Waals surface area contributed by atoms with E-state index in [1.807, 2.05) is 0 Å². The van der Waals surface area contributed by atoms with Crippen molar-refractivity contribution in [3.05, 3.63) is 63.8 Å². The van der Waals surface area contributed by atoms with Gasteiger partial charge in [0.05, 0.1) is 10.0 Å². The number of benzene rings is 2. The zero-order chi connectivity index (χ0) is 15.9. The number of aromatic nitrogens is 1. The third-order valence-corrected chi connectivity index (χ3v) is 4.17. The standard InChI is InChI=1S/C16H11Cl2NO3/c17-12-3-1-9(5-13(12)18)8-19-14-4-2-11(20)6-10(14)7-15(19)16(21)22/h1-7,20H,8H2,(H,21,22). The zero-order valence-electron chi connectivity index (χ0n) is 11.3. The van der Waals surface area contributed by atoms with Crippen molar-refractivity contribution < 1.29 is 15.0 Å². The quantitative estimate of drug-likeness (QED) is 0.745. The van der Waals surface area contributed by atoms with Gasteiger partial charge < -0.3 is 14.8 Å². The molecule has 0 atom stereocenters. The minimum atomic E-state index is -1.03. The second-order valence-corrected chi connectivity index (χ2v) is 5.73. The lowest BCUT2D eigenvalue weighted by molar-refractivity contribution is 0.0686. The molecule has 0 aliphatic carbocycles. The highest BCUT2D eigenvalue weighted by atomic mass is 35.5. The summed E-state index contributed by atoms with van der Waals surface area (Å²) < 4.78 is 1.66. The number of fused-ring (bicyclic) bond motifs is 1. The summed E-state index contributed by atoms with van der Waals surface area (Å²) >= 11 is 11.9. The van der Waals surface area contributed by atoms with Crippen LogP contribution in [0.2, 0.25) is 10.0 Å². The van der Waals surface area contributed by atoms with Gasteiger partial charge in [-0.05, 0) is 42.0 Å². The summed E-state index contributed by atoms with van der Waals surface area (Å²) in [6.07, 6.45) is 0. The van der Waals surface area contributed by atoms with Crippen LogP contribution in [0, 0.1) is 0 Å². The van der Waals surface area contributed by atoms with Crippen LogP contribution in [0.25, 0.3) is 10.9 Å². The Kier molecular flexibility index (Phi) is 3.72. The van der Waals surface area contributed by atoms with Crippen LogP contribution in [0.15, 0.2) is 42.5 Å². The van der Waals surface area contributed by atoms with Crippen LogP contribution in [0.1, 0.15) is 16.1 Å². The number of hydrogen-bond acceptors (Lipinski definition) is 2. The van der Waals surface area contributed by atoms with Gasteiger partial charge in [-0.1, -0.05) is 29.3 Å². The average molecular weight is 336 g/mol. The van der Waals surface area contributed by atoms with Crippen molar-refractivity contribution in [3.63, 3.8) is 0 Å². The average Bonchev–Trinajstić information content (AvgIpc) is 2.81. The first-order valence-electron chi connectivity index (χ1n) is 6.45. The van der Waals surface area contributed by atoms with E-state index >= 15 is 0 Å². The zero-order valence-corrected chi connectivity index (χ0v) is 12.8. The predicted molar refractivity (Wildman–Crippen MR) is 86.1 cm³/mol. The van der Waals surface area contributed by atoms with Gasteiger partial charge in [0.15, 0.2) is 0 Å². The molecule has 0 saturated carbocycles. The summed E-state index contributed by atoms with van der Waals surface area (Å²) in [6.45, 7) is 0.340. The molecule has 1 heterocycles. The van der Waals surface area contributed by atoms with E-state index in [9.17, 15) is 15.0 Å². The van der Waals surface area contributed by atoms with Gasteiger partial charge in [-0.3, -0.25) is 0 Å². The number of hydrogen-bond donors (Lipinski definition) is 2. The topological polar surface area (TPSA) is 62.5 Å². The van der Waals surface area contributed by atoms with Crippen LogP contribution in [0.5, 0.6) is 5.75 Å². The first-order valence-corrected chi connectivity index (χ1v) is 7.21. The number of phenols is 1. The fourth-order valence-corrected chi connectivity index (χ4v) is 2.75. The molecule has 2 N–H and O–H groups in total. The van der Waals surface area contributed by atoms with E-state index in [2.05, 4.69) is 0 Å². The fraction of sp³-hybridized carbons (Fsp3) is 0.0625. The lowest BCUT2D eigenvalue weighted by atomic mass is 10.2. The monoisotopic (exact) mass is 335 g/mol. The van der Waals surface area contributed by atoms with Gasteiger partial charge in [0, 0.05) is 17.4 Å². The van der Waals surface area contributed by atoms with Gasteiger partial charge >= 0.3 is 5.97 Å². The SMILES string of the molecule is O=C(O)c1cc2cc(O)ccc2n1Cc1ccc(Cl)c(Cl)c1. The maximum absolute atomic E-state index is 11.5. The molecule has 3 rings (SSSR count). The number of carboxylic acid groups (broad SMARTS) is 1. The minimum Gasteiger partial charge on any atom is -0.508 e. The summed E-state index contributed by atoms with van der Waals surface area (Å²) in [4.78, 5) is 11.5. The lowest BCUT2D eigenvalue weighted by Crippen LogP contribution is -2.09. The Morgan fingerprint density at radius 2 is 1.82 bits per heavy atom. The van der Waals surface area contributed by atoms with Gasteiger partial charge in [-0.15, -0.1) is 0 Å². The van der Waals surface area contributed by atoms with Crippen LogP contribution in [-0.2, 0) is 6.54 Å². The Hall–Kier alpha value is -2.17. The van der Waals surface area contributed by atoms with Crippen LogP contribution in [0.3, 0.4) is 0 Å². The maximum atomic E-state index is 11.5. The molecule has 2 aromatic carbocycles. The van der Waals surface area contributed by atoms with Crippen molar-refractivity contribution in [3.8, 4) is 5.75 Å². The number of carboxylic acids is 1. The van der Waals surface area contributed by atoms with Crippen molar-refractivity contribution in [1.29, 1.82) is 0 Å². The van der Waals surface area contributed by atoms with Crippen LogP contribution >= 0.6 is 23.2 Å². The number of carbonyl (C=O) groups is 1. The number of phenolic OH excluding ortho intramolecular Hbond substituents is 1. The number of aromatic carboxylic acids is 1. The minimum absolute atomic E-state index is 0.0936. The highest BCUT2D eigenvalue weighted by molar-refractivity contribution is 6.42. The molecule has 0 spiro atoms. The molecular weight excluding hydrogens is 325 g/mol. The number of aromatic hydroxyl groups is 1. The van der Waals surface area contributed by atoms with E-state index in [0.29, 0.717) is 22.0 Å². The summed E-state index contributed by atoms with van der Waals surface area (Å²) in [5.41, 5.74) is 1.70. The molecule has 112 valence electrons. The summed E-state index contributed by atoms with van der Waals surface area (Å²) in [5.74, 6) is -0.938. The highest BCUT2D eigenvalue weighted by Crippen LogP contribution is 2.27. The molecular formula is C16H11Cl2NO3. The van der Waals surface area contributed by atoms with Crippen molar-refractivity contribution in [2.75, 3.05) is 0 Å². The lowest BCUT2D eigenvalue weighted by Gasteiger charge is -2.09. The Morgan fingerprint density at radius 1 is 1.05 bits per heavy atom. The molecule has 3 aromatic rings. The van der Waals surface area contributed by atoms with Gasteiger partial charge in [0.2, 0.25) is 0 Å². The molecule has 22 heavy (non-hydrogen) atoms. The van der Waals surface area contributed by atoms with Gasteiger partial charge in [-0.2, -0.15) is 0 Å². The Balaban J connectivity index is 2.13. The van der Waals surface area contributed by atoms with Gasteiger partial charge in [0.1, 0.15) is 11.4 Å². The summed E-state index contributed by atoms with van der Waals surface area (Å²) in [6, 6.07) is 11.5.